The fourth-order valence-electron chi connectivity index (χ4n) is 5.23. The molecule has 13 heteroatoms. The van der Waals surface area contributed by atoms with Gasteiger partial charge in [0.15, 0.2) is 15.5 Å². The molecule has 0 radical (unpaired) electrons. The van der Waals surface area contributed by atoms with E-state index < -0.39 is 52.0 Å². The van der Waals surface area contributed by atoms with Crippen LogP contribution < -0.4 is 5.32 Å². The van der Waals surface area contributed by atoms with Gasteiger partial charge >= 0.3 is 6.18 Å². The molecule has 0 aliphatic carbocycles. The minimum absolute atomic E-state index is 0.00182. The van der Waals surface area contributed by atoms with Crippen molar-refractivity contribution in [2.45, 2.75) is 56.4 Å². The lowest BCUT2D eigenvalue weighted by atomic mass is 9.79. The van der Waals surface area contributed by atoms with E-state index >= 15 is 4.39 Å². The molecule has 2 aliphatic heterocycles. The summed E-state index contributed by atoms with van der Waals surface area (Å²) < 4.78 is 77.7. The Morgan fingerprint density at radius 2 is 1.90 bits per heavy atom. The van der Waals surface area contributed by atoms with Crippen molar-refractivity contribution in [3.63, 3.8) is 0 Å². The molecule has 0 aromatic heterocycles. The van der Waals surface area contributed by atoms with Crippen molar-refractivity contribution in [1.29, 1.82) is 0 Å². The number of benzene rings is 1. The second-order valence-corrected chi connectivity index (χ2v) is 12.8. The quantitative estimate of drug-likeness (QED) is 0.480. The molecule has 1 aromatic rings. The van der Waals surface area contributed by atoms with Gasteiger partial charge in [0.05, 0.1) is 6.54 Å². The van der Waals surface area contributed by atoms with E-state index in [4.69, 9.17) is 11.6 Å². The summed E-state index contributed by atoms with van der Waals surface area (Å²) in [5.41, 5.74) is -1.66. The standard InChI is InChI=1S/C26H34ClF4N3O4S/c1-18(9-15-39(2,37)38)32-24(36)25(28)10-5-12-34(14-11-25)23(35)20-8-13-33(17-26(29,30)31)16-21(20)19-6-3-4-7-22(19)27/h3-4,6-7,9,15,18,20-21H,5,8,10-14,16-17H2,1-2H3,(H,32,36)/b15-9-/t18-,20-,21+,25-/m1/s1. The van der Waals surface area contributed by atoms with Crippen molar-refractivity contribution in [2.75, 3.05) is 39.0 Å². The Kier molecular flexibility index (Phi) is 10.1. The smallest absolute Gasteiger partial charge is 0.347 e. The second kappa shape index (κ2) is 12.6. The van der Waals surface area contributed by atoms with Gasteiger partial charge in [0.25, 0.3) is 5.91 Å². The lowest BCUT2D eigenvalue weighted by Gasteiger charge is -2.40. The number of likely N-dealkylation sites (tertiary alicyclic amines) is 2. The molecule has 0 spiro atoms. The summed E-state index contributed by atoms with van der Waals surface area (Å²) in [7, 11) is -3.41. The van der Waals surface area contributed by atoms with Crippen LogP contribution in [0.15, 0.2) is 35.7 Å². The number of hydrogen-bond acceptors (Lipinski definition) is 5. The van der Waals surface area contributed by atoms with Crippen molar-refractivity contribution < 1.29 is 35.6 Å². The van der Waals surface area contributed by atoms with Crippen LogP contribution in [0.4, 0.5) is 17.6 Å². The van der Waals surface area contributed by atoms with Crippen molar-refractivity contribution in [3.8, 4) is 0 Å². The Hall–Kier alpha value is -2.18. The first kappa shape index (κ1) is 31.3. The molecule has 39 heavy (non-hydrogen) atoms. The minimum atomic E-state index is -4.38. The normalized spacial score (nSPS) is 26.3. The Labute approximate surface area is 231 Å². The number of alkyl halides is 4. The average Bonchev–Trinajstić information content (AvgIpc) is 3.04. The zero-order valence-electron chi connectivity index (χ0n) is 21.9. The third-order valence-electron chi connectivity index (χ3n) is 7.19. The minimum Gasteiger partial charge on any atom is -0.347 e. The Morgan fingerprint density at radius 3 is 2.54 bits per heavy atom. The predicted octanol–water partition coefficient (Wildman–Crippen LogP) is 4.09. The molecule has 2 heterocycles. The van der Waals surface area contributed by atoms with Crippen LogP contribution in [-0.4, -0.2) is 86.9 Å². The Morgan fingerprint density at radius 1 is 1.21 bits per heavy atom. The first-order chi connectivity index (χ1) is 18.1. The van der Waals surface area contributed by atoms with Crippen LogP contribution in [0.5, 0.6) is 0 Å². The molecule has 2 fully saturated rings. The van der Waals surface area contributed by atoms with E-state index in [2.05, 4.69) is 5.32 Å². The highest BCUT2D eigenvalue weighted by atomic mass is 35.5. The van der Waals surface area contributed by atoms with Crippen molar-refractivity contribution in [2.24, 2.45) is 5.92 Å². The average molecular weight is 596 g/mol. The molecule has 2 aliphatic rings. The molecular weight excluding hydrogens is 562 g/mol. The van der Waals surface area contributed by atoms with Crippen LogP contribution in [0.1, 0.15) is 44.1 Å². The number of sulfone groups is 1. The van der Waals surface area contributed by atoms with Crippen LogP contribution in [0.25, 0.3) is 0 Å². The van der Waals surface area contributed by atoms with Crippen molar-refractivity contribution >= 4 is 33.3 Å². The van der Waals surface area contributed by atoms with E-state index in [1.807, 2.05) is 0 Å². The lowest BCUT2D eigenvalue weighted by Crippen LogP contribution is -2.49. The molecule has 1 aromatic carbocycles. The van der Waals surface area contributed by atoms with Crippen LogP contribution in [0.3, 0.4) is 0 Å². The van der Waals surface area contributed by atoms with Gasteiger partial charge in [0.1, 0.15) is 0 Å². The largest absolute Gasteiger partial charge is 0.401 e. The SMILES string of the molecule is C[C@H](/C=C\S(C)(=O)=O)NC(=O)[C@@]1(F)CCCN(C(=O)[C@@H]2CCN(CC(F)(F)F)C[C@H]2c2ccccc2Cl)CC1. The van der Waals surface area contributed by atoms with Gasteiger partial charge in [-0.2, -0.15) is 13.2 Å². The van der Waals surface area contributed by atoms with Gasteiger partial charge in [0.2, 0.25) is 5.91 Å². The third-order valence-corrected chi connectivity index (χ3v) is 8.19. The summed E-state index contributed by atoms with van der Waals surface area (Å²) in [5, 5.41) is 3.78. The number of carbonyl (C=O) groups excluding carboxylic acids is 2. The van der Waals surface area contributed by atoms with Gasteiger partial charge in [-0.1, -0.05) is 35.9 Å². The number of nitrogens with one attached hydrogen (secondary N) is 1. The highest BCUT2D eigenvalue weighted by Crippen LogP contribution is 2.39. The third kappa shape index (κ3) is 8.91. The van der Waals surface area contributed by atoms with E-state index in [-0.39, 0.29) is 57.8 Å². The number of piperidine rings is 1. The first-order valence-electron chi connectivity index (χ1n) is 12.8. The van der Waals surface area contributed by atoms with Crippen LogP contribution in [0, 0.1) is 5.92 Å². The van der Waals surface area contributed by atoms with E-state index in [1.165, 1.54) is 22.8 Å². The Balaban J connectivity index is 1.72. The fourth-order valence-corrected chi connectivity index (χ4v) is 6.03. The number of amides is 2. The highest BCUT2D eigenvalue weighted by molar-refractivity contribution is 7.93. The van der Waals surface area contributed by atoms with Gasteiger partial charge in [-0.15, -0.1) is 0 Å². The second-order valence-electron chi connectivity index (χ2n) is 10.4. The molecule has 218 valence electrons. The number of hydrogen-bond donors (Lipinski definition) is 1. The van der Waals surface area contributed by atoms with Gasteiger partial charge < -0.3 is 10.2 Å². The monoisotopic (exact) mass is 595 g/mol. The molecule has 0 unspecified atom stereocenters. The summed E-state index contributed by atoms with van der Waals surface area (Å²) >= 11 is 6.38. The summed E-state index contributed by atoms with van der Waals surface area (Å²) in [4.78, 5) is 29.2. The lowest BCUT2D eigenvalue weighted by molar-refractivity contribution is -0.152. The molecule has 7 nitrogen and oxygen atoms in total. The van der Waals surface area contributed by atoms with E-state index in [9.17, 15) is 31.2 Å². The summed E-state index contributed by atoms with van der Waals surface area (Å²) in [6.07, 6.45) is -2.10. The van der Waals surface area contributed by atoms with Gasteiger partial charge in [-0.3, -0.25) is 14.5 Å². The predicted molar refractivity (Wildman–Crippen MR) is 141 cm³/mol. The van der Waals surface area contributed by atoms with Crippen LogP contribution >= 0.6 is 11.6 Å². The maximum Gasteiger partial charge on any atom is 0.401 e. The van der Waals surface area contributed by atoms with Crippen molar-refractivity contribution in [1.82, 2.24) is 15.1 Å². The molecular formula is C26H34ClF4N3O4S. The van der Waals surface area contributed by atoms with E-state index in [0.717, 1.165) is 11.7 Å². The molecule has 1 N–H and O–H groups in total. The summed E-state index contributed by atoms with van der Waals surface area (Å²) in [6, 6.07) is 6.05. The van der Waals surface area contributed by atoms with E-state index in [1.54, 1.807) is 24.3 Å². The zero-order valence-corrected chi connectivity index (χ0v) is 23.5. The number of rotatable bonds is 7. The molecule has 2 saturated heterocycles. The van der Waals surface area contributed by atoms with Crippen LogP contribution in [-0.2, 0) is 19.4 Å². The van der Waals surface area contributed by atoms with Gasteiger partial charge in [0, 0.05) is 60.6 Å². The molecule has 3 rings (SSSR count). The number of nitrogens with zero attached hydrogens (tertiary/aromatic N) is 2. The van der Waals surface area contributed by atoms with Crippen LogP contribution in [0.2, 0.25) is 5.02 Å². The highest BCUT2D eigenvalue weighted by Gasteiger charge is 2.44. The first-order valence-corrected chi connectivity index (χ1v) is 15.1. The maximum atomic E-state index is 15.7. The zero-order chi connectivity index (χ0) is 29.0. The van der Waals surface area contributed by atoms with Gasteiger partial charge in [-0.25, -0.2) is 12.8 Å². The molecule has 0 saturated carbocycles. The summed E-state index contributed by atoms with van der Waals surface area (Å²) in [6.45, 7) is 0.694. The summed E-state index contributed by atoms with van der Waals surface area (Å²) in [5.74, 6) is -2.39. The van der Waals surface area contributed by atoms with Crippen molar-refractivity contribution in [3.05, 3.63) is 46.3 Å². The molecule has 0 bridgehead atoms. The number of carbonyl (C=O) groups is 2. The molecule has 2 amide bonds. The van der Waals surface area contributed by atoms with Gasteiger partial charge in [-0.05, 0) is 44.4 Å². The molecule has 4 atom stereocenters. The van der Waals surface area contributed by atoms with E-state index in [0.29, 0.717) is 10.6 Å². The maximum absolute atomic E-state index is 15.7. The fraction of sp³-hybridized carbons (Fsp3) is 0.615. The Bertz CT molecular complexity index is 1180. The number of halogens is 5. The topological polar surface area (TPSA) is 86.8 Å².